The molecule has 4 heteroatoms. The average molecular weight is 237 g/mol. The van der Waals surface area contributed by atoms with Crippen LogP contribution in [0.2, 0.25) is 0 Å². The summed E-state index contributed by atoms with van der Waals surface area (Å²) >= 11 is 0. The summed E-state index contributed by atoms with van der Waals surface area (Å²) in [6, 6.07) is 4.26. The fourth-order valence-corrected chi connectivity index (χ4v) is 2.47. The van der Waals surface area contributed by atoms with Crippen LogP contribution in [0.1, 0.15) is 25.3 Å². The first kappa shape index (κ1) is 11.9. The first-order chi connectivity index (χ1) is 8.00. The third-order valence-electron chi connectivity index (χ3n) is 3.43. The second kappa shape index (κ2) is 4.35. The van der Waals surface area contributed by atoms with Crippen LogP contribution in [-0.2, 0) is 4.79 Å². The molecule has 0 bridgehead atoms. The van der Waals surface area contributed by atoms with Crippen LogP contribution in [0.3, 0.4) is 0 Å². The minimum atomic E-state index is -0.835. The predicted molar refractivity (Wildman–Crippen MR) is 63.6 cm³/mol. The number of carboxylic acid groups (broad SMARTS) is 1. The summed E-state index contributed by atoms with van der Waals surface area (Å²) in [5.41, 5.74) is 1.29. The van der Waals surface area contributed by atoms with Gasteiger partial charge < -0.3 is 10.4 Å². The maximum absolute atomic E-state index is 13.1. The molecule has 3 nitrogen and oxygen atoms in total. The molecule has 1 heterocycles. The highest BCUT2D eigenvalue weighted by molar-refractivity contribution is 5.80. The molecule has 0 fully saturated rings. The predicted octanol–water partition coefficient (Wildman–Crippen LogP) is 2.69. The van der Waals surface area contributed by atoms with E-state index in [9.17, 15) is 14.3 Å². The Balaban J connectivity index is 2.46. The Bertz CT molecular complexity index is 445. The van der Waals surface area contributed by atoms with Crippen LogP contribution < -0.4 is 5.32 Å². The van der Waals surface area contributed by atoms with Gasteiger partial charge in [0.2, 0.25) is 0 Å². The summed E-state index contributed by atoms with van der Waals surface area (Å²) in [4.78, 5) is 11.4. The highest BCUT2D eigenvalue weighted by atomic mass is 19.1. The van der Waals surface area contributed by atoms with Gasteiger partial charge in [0.1, 0.15) is 5.82 Å². The van der Waals surface area contributed by atoms with Crippen molar-refractivity contribution in [2.24, 2.45) is 11.8 Å². The van der Waals surface area contributed by atoms with E-state index in [1.54, 1.807) is 6.07 Å². The normalized spacial score (nSPS) is 23.1. The van der Waals surface area contributed by atoms with Gasteiger partial charge in [-0.3, -0.25) is 4.79 Å². The third kappa shape index (κ3) is 2.12. The van der Waals surface area contributed by atoms with Gasteiger partial charge in [-0.2, -0.15) is 0 Å². The Labute approximate surface area is 99.7 Å². The van der Waals surface area contributed by atoms with Crippen molar-refractivity contribution < 1.29 is 14.3 Å². The fourth-order valence-electron chi connectivity index (χ4n) is 2.47. The number of hydrogen-bond acceptors (Lipinski definition) is 2. The van der Waals surface area contributed by atoms with Crippen LogP contribution in [0.4, 0.5) is 10.1 Å². The molecular weight excluding hydrogens is 221 g/mol. The summed E-state index contributed by atoms with van der Waals surface area (Å²) in [5.74, 6) is -1.43. The third-order valence-corrected chi connectivity index (χ3v) is 3.43. The van der Waals surface area contributed by atoms with Gasteiger partial charge in [-0.25, -0.2) is 4.39 Å². The van der Waals surface area contributed by atoms with Gasteiger partial charge >= 0.3 is 5.97 Å². The molecule has 17 heavy (non-hydrogen) atoms. The SMILES string of the molecule is CC(C)C1CNc2cc(F)ccc2C1C(=O)O. The number of nitrogens with one attached hydrogen (secondary N) is 1. The summed E-state index contributed by atoms with van der Waals surface area (Å²) in [6.07, 6.45) is 0. The van der Waals surface area contributed by atoms with E-state index in [0.717, 1.165) is 0 Å². The van der Waals surface area contributed by atoms with Crippen molar-refractivity contribution in [3.05, 3.63) is 29.6 Å². The molecule has 92 valence electrons. The Kier molecular flexibility index (Phi) is 3.05. The molecule has 2 N–H and O–H groups in total. The molecule has 2 atom stereocenters. The summed E-state index contributed by atoms with van der Waals surface area (Å²) in [5, 5.41) is 12.5. The second-order valence-electron chi connectivity index (χ2n) is 4.84. The lowest BCUT2D eigenvalue weighted by Crippen LogP contribution is -2.35. The summed E-state index contributed by atoms with van der Waals surface area (Å²) < 4.78 is 13.1. The first-order valence-corrected chi connectivity index (χ1v) is 5.77. The summed E-state index contributed by atoms with van der Waals surface area (Å²) in [7, 11) is 0. The monoisotopic (exact) mass is 237 g/mol. The average Bonchev–Trinajstić information content (AvgIpc) is 2.26. The van der Waals surface area contributed by atoms with Gasteiger partial charge in [0, 0.05) is 12.2 Å². The number of aliphatic carboxylic acids is 1. The highest BCUT2D eigenvalue weighted by Gasteiger charge is 2.36. The van der Waals surface area contributed by atoms with Crippen molar-refractivity contribution in [3.8, 4) is 0 Å². The van der Waals surface area contributed by atoms with Crippen LogP contribution in [0.15, 0.2) is 18.2 Å². The Morgan fingerprint density at radius 1 is 1.53 bits per heavy atom. The van der Waals surface area contributed by atoms with E-state index in [1.165, 1.54) is 12.1 Å². The topological polar surface area (TPSA) is 49.3 Å². The molecule has 1 aromatic rings. The van der Waals surface area contributed by atoms with Gasteiger partial charge in [0.15, 0.2) is 0 Å². The minimum absolute atomic E-state index is 0.0328. The van der Waals surface area contributed by atoms with Crippen LogP contribution in [-0.4, -0.2) is 17.6 Å². The van der Waals surface area contributed by atoms with Crippen LogP contribution >= 0.6 is 0 Å². The molecule has 2 unspecified atom stereocenters. The zero-order valence-electron chi connectivity index (χ0n) is 9.90. The van der Waals surface area contributed by atoms with E-state index in [0.29, 0.717) is 17.8 Å². The fraction of sp³-hybridized carbons (Fsp3) is 0.462. The quantitative estimate of drug-likeness (QED) is 0.831. The van der Waals surface area contributed by atoms with E-state index in [2.05, 4.69) is 5.32 Å². The van der Waals surface area contributed by atoms with Crippen molar-refractivity contribution in [3.63, 3.8) is 0 Å². The number of carboxylic acids is 1. The van der Waals surface area contributed by atoms with Gasteiger partial charge in [0.25, 0.3) is 0 Å². The molecule has 1 aliphatic rings. The number of halogens is 1. The van der Waals surface area contributed by atoms with E-state index < -0.39 is 11.9 Å². The maximum atomic E-state index is 13.1. The molecular formula is C13H16FNO2. The largest absolute Gasteiger partial charge is 0.481 e. The van der Waals surface area contributed by atoms with Crippen LogP contribution in [0.5, 0.6) is 0 Å². The van der Waals surface area contributed by atoms with Crippen molar-refractivity contribution in [2.45, 2.75) is 19.8 Å². The van der Waals surface area contributed by atoms with Crippen molar-refractivity contribution in [1.82, 2.24) is 0 Å². The van der Waals surface area contributed by atoms with Gasteiger partial charge in [-0.05, 0) is 29.5 Å². The zero-order chi connectivity index (χ0) is 12.6. The number of carbonyl (C=O) groups is 1. The van der Waals surface area contributed by atoms with Crippen molar-refractivity contribution >= 4 is 11.7 Å². The molecule has 0 amide bonds. The maximum Gasteiger partial charge on any atom is 0.311 e. The minimum Gasteiger partial charge on any atom is -0.481 e. The van der Waals surface area contributed by atoms with E-state index >= 15 is 0 Å². The van der Waals surface area contributed by atoms with Crippen molar-refractivity contribution in [1.29, 1.82) is 0 Å². The van der Waals surface area contributed by atoms with Crippen LogP contribution in [0, 0.1) is 17.7 Å². The zero-order valence-corrected chi connectivity index (χ0v) is 9.90. The molecule has 0 saturated carbocycles. The molecule has 0 aliphatic carbocycles. The number of benzene rings is 1. The number of hydrogen-bond donors (Lipinski definition) is 2. The Morgan fingerprint density at radius 2 is 2.24 bits per heavy atom. The van der Waals surface area contributed by atoms with Gasteiger partial charge in [0.05, 0.1) is 5.92 Å². The van der Waals surface area contributed by atoms with Crippen LogP contribution in [0.25, 0.3) is 0 Å². The van der Waals surface area contributed by atoms with E-state index in [1.807, 2.05) is 13.8 Å². The van der Waals surface area contributed by atoms with E-state index in [4.69, 9.17) is 0 Å². The van der Waals surface area contributed by atoms with E-state index in [-0.39, 0.29) is 17.7 Å². The second-order valence-corrected chi connectivity index (χ2v) is 4.84. The molecule has 1 aromatic carbocycles. The Morgan fingerprint density at radius 3 is 2.82 bits per heavy atom. The summed E-state index contributed by atoms with van der Waals surface area (Å²) in [6.45, 7) is 4.60. The lowest BCUT2D eigenvalue weighted by molar-refractivity contribution is -0.140. The number of fused-ring (bicyclic) bond motifs is 1. The molecule has 1 aliphatic heterocycles. The lowest BCUT2D eigenvalue weighted by Gasteiger charge is -2.34. The van der Waals surface area contributed by atoms with Gasteiger partial charge in [-0.1, -0.05) is 19.9 Å². The first-order valence-electron chi connectivity index (χ1n) is 5.77. The molecule has 0 radical (unpaired) electrons. The lowest BCUT2D eigenvalue weighted by atomic mass is 9.76. The smallest absolute Gasteiger partial charge is 0.311 e. The molecule has 0 aromatic heterocycles. The van der Waals surface area contributed by atoms with Crippen molar-refractivity contribution in [2.75, 3.05) is 11.9 Å². The molecule has 0 saturated heterocycles. The number of anilines is 1. The Hall–Kier alpha value is -1.58. The molecule has 0 spiro atoms. The highest BCUT2D eigenvalue weighted by Crippen LogP contribution is 2.39. The molecule has 2 rings (SSSR count). The van der Waals surface area contributed by atoms with Gasteiger partial charge in [-0.15, -0.1) is 0 Å². The number of rotatable bonds is 2. The standard InChI is InChI=1S/C13H16FNO2/c1-7(2)10-6-15-11-5-8(14)3-4-9(11)12(10)13(16)17/h3-5,7,10,12,15H,6H2,1-2H3,(H,16,17).